The molecule has 0 bridgehead atoms. The van der Waals surface area contributed by atoms with Crippen LogP contribution in [-0.2, 0) is 11.2 Å². The van der Waals surface area contributed by atoms with Gasteiger partial charge in [0.05, 0.1) is 6.54 Å². The first-order chi connectivity index (χ1) is 9.63. The van der Waals surface area contributed by atoms with Crippen molar-refractivity contribution in [3.8, 4) is 0 Å². The van der Waals surface area contributed by atoms with E-state index in [-0.39, 0.29) is 11.9 Å². The molecular weight excluding hydrogens is 248 g/mol. The summed E-state index contributed by atoms with van der Waals surface area (Å²) in [6.45, 7) is 6.65. The Balaban J connectivity index is 1.71. The maximum atomic E-state index is 11.7. The predicted molar refractivity (Wildman–Crippen MR) is 82.6 cm³/mol. The lowest BCUT2D eigenvalue weighted by molar-refractivity contribution is -0.123. The number of likely N-dealkylation sites (tertiary alicyclic amines) is 1. The molecule has 1 aromatic carbocycles. The first kappa shape index (κ1) is 15.0. The van der Waals surface area contributed by atoms with Crippen LogP contribution in [0.3, 0.4) is 0 Å². The molecule has 0 saturated carbocycles. The largest absolute Gasteiger partial charge is 0.353 e. The molecule has 3 nitrogen and oxygen atoms in total. The summed E-state index contributed by atoms with van der Waals surface area (Å²) in [5, 5.41) is 2.96. The molecule has 1 N–H and O–H groups in total. The minimum absolute atomic E-state index is 0.154. The molecule has 0 spiro atoms. The number of amides is 1. The van der Waals surface area contributed by atoms with E-state index in [1.54, 1.807) is 0 Å². The van der Waals surface area contributed by atoms with Crippen LogP contribution in [0, 0.1) is 5.92 Å². The van der Waals surface area contributed by atoms with Gasteiger partial charge in [-0.05, 0) is 57.7 Å². The van der Waals surface area contributed by atoms with Crippen LogP contribution >= 0.6 is 0 Å². The predicted octanol–water partition coefficient (Wildman–Crippen LogP) is 2.47. The average molecular weight is 274 g/mol. The number of benzene rings is 1. The standard InChI is InChI=1S/C17H26N2O/c1-14(2)18-17(20)13-19-10-8-16(9-11-19)12-15-6-4-3-5-7-15/h3-7,14,16H,8-13H2,1-2H3,(H,18,20). The van der Waals surface area contributed by atoms with Gasteiger partial charge in [-0.25, -0.2) is 0 Å². The maximum absolute atomic E-state index is 11.7. The topological polar surface area (TPSA) is 32.3 Å². The molecular formula is C17H26N2O. The van der Waals surface area contributed by atoms with E-state index in [0.29, 0.717) is 6.54 Å². The molecule has 3 heteroatoms. The van der Waals surface area contributed by atoms with Gasteiger partial charge in [-0.15, -0.1) is 0 Å². The number of carbonyl (C=O) groups is 1. The lowest BCUT2D eigenvalue weighted by Crippen LogP contribution is -2.43. The zero-order valence-corrected chi connectivity index (χ0v) is 12.6. The van der Waals surface area contributed by atoms with Crippen molar-refractivity contribution < 1.29 is 4.79 Å². The van der Waals surface area contributed by atoms with Gasteiger partial charge >= 0.3 is 0 Å². The SMILES string of the molecule is CC(C)NC(=O)CN1CCC(Cc2ccccc2)CC1. The Morgan fingerprint density at radius 3 is 2.50 bits per heavy atom. The van der Waals surface area contributed by atoms with Crippen molar-refractivity contribution in [2.45, 2.75) is 39.2 Å². The van der Waals surface area contributed by atoms with Gasteiger partial charge in [-0.1, -0.05) is 30.3 Å². The monoisotopic (exact) mass is 274 g/mol. The second kappa shape index (κ2) is 7.44. The molecule has 0 aliphatic carbocycles. The first-order valence-corrected chi connectivity index (χ1v) is 7.69. The molecule has 1 aliphatic rings. The molecule has 2 rings (SSSR count). The number of hydrogen-bond donors (Lipinski definition) is 1. The molecule has 1 saturated heterocycles. The summed E-state index contributed by atoms with van der Waals surface area (Å²) in [6.07, 6.45) is 3.57. The normalized spacial score (nSPS) is 17.4. The summed E-state index contributed by atoms with van der Waals surface area (Å²) in [4.78, 5) is 14.0. The Morgan fingerprint density at radius 1 is 1.25 bits per heavy atom. The minimum Gasteiger partial charge on any atom is -0.353 e. The van der Waals surface area contributed by atoms with E-state index in [1.165, 1.54) is 24.8 Å². The van der Waals surface area contributed by atoms with Gasteiger partial charge in [-0.2, -0.15) is 0 Å². The van der Waals surface area contributed by atoms with E-state index < -0.39 is 0 Å². The third kappa shape index (κ3) is 4.97. The molecule has 20 heavy (non-hydrogen) atoms. The highest BCUT2D eigenvalue weighted by Crippen LogP contribution is 2.21. The molecule has 0 aromatic heterocycles. The van der Waals surface area contributed by atoms with Crippen LogP contribution in [-0.4, -0.2) is 36.5 Å². The van der Waals surface area contributed by atoms with Crippen molar-refractivity contribution in [1.82, 2.24) is 10.2 Å². The molecule has 1 aliphatic heterocycles. The quantitative estimate of drug-likeness (QED) is 0.894. The Kier molecular flexibility index (Phi) is 5.60. The zero-order chi connectivity index (χ0) is 14.4. The van der Waals surface area contributed by atoms with Gasteiger partial charge in [0.2, 0.25) is 5.91 Å². The Morgan fingerprint density at radius 2 is 1.90 bits per heavy atom. The van der Waals surface area contributed by atoms with Gasteiger partial charge in [0.1, 0.15) is 0 Å². The Bertz CT molecular complexity index is 408. The fourth-order valence-corrected chi connectivity index (χ4v) is 2.87. The van der Waals surface area contributed by atoms with E-state index in [2.05, 4.69) is 40.5 Å². The Hall–Kier alpha value is -1.35. The van der Waals surface area contributed by atoms with Crippen molar-refractivity contribution in [2.75, 3.05) is 19.6 Å². The van der Waals surface area contributed by atoms with Crippen molar-refractivity contribution in [1.29, 1.82) is 0 Å². The second-order valence-electron chi connectivity index (χ2n) is 6.13. The van der Waals surface area contributed by atoms with Crippen LogP contribution in [0.15, 0.2) is 30.3 Å². The number of nitrogens with zero attached hydrogens (tertiary/aromatic N) is 1. The van der Waals surface area contributed by atoms with Crippen LogP contribution in [0.25, 0.3) is 0 Å². The summed E-state index contributed by atoms with van der Waals surface area (Å²) in [6, 6.07) is 10.9. The summed E-state index contributed by atoms with van der Waals surface area (Å²) in [5.41, 5.74) is 1.43. The smallest absolute Gasteiger partial charge is 0.234 e. The van der Waals surface area contributed by atoms with Crippen LogP contribution < -0.4 is 5.32 Å². The summed E-state index contributed by atoms with van der Waals surface area (Å²) in [7, 11) is 0. The lowest BCUT2D eigenvalue weighted by atomic mass is 9.90. The number of hydrogen-bond acceptors (Lipinski definition) is 2. The Labute approximate surface area is 122 Å². The van der Waals surface area contributed by atoms with Gasteiger partial charge in [0.25, 0.3) is 0 Å². The zero-order valence-electron chi connectivity index (χ0n) is 12.6. The average Bonchev–Trinajstić information content (AvgIpc) is 2.41. The molecule has 1 amide bonds. The summed E-state index contributed by atoms with van der Waals surface area (Å²) in [5.74, 6) is 0.920. The molecule has 110 valence electrons. The van der Waals surface area contributed by atoms with Gasteiger partial charge in [0, 0.05) is 6.04 Å². The minimum atomic E-state index is 0.154. The van der Waals surface area contributed by atoms with Crippen LogP contribution in [0.1, 0.15) is 32.3 Å². The fraction of sp³-hybridized carbons (Fsp3) is 0.588. The highest BCUT2D eigenvalue weighted by Gasteiger charge is 2.21. The van der Waals surface area contributed by atoms with Gasteiger partial charge in [-0.3, -0.25) is 9.69 Å². The van der Waals surface area contributed by atoms with Crippen LogP contribution in [0.4, 0.5) is 0 Å². The van der Waals surface area contributed by atoms with Crippen LogP contribution in [0.5, 0.6) is 0 Å². The van der Waals surface area contributed by atoms with E-state index >= 15 is 0 Å². The van der Waals surface area contributed by atoms with Gasteiger partial charge in [0.15, 0.2) is 0 Å². The molecule has 1 heterocycles. The van der Waals surface area contributed by atoms with E-state index in [9.17, 15) is 4.79 Å². The highest BCUT2D eigenvalue weighted by atomic mass is 16.2. The fourth-order valence-electron chi connectivity index (χ4n) is 2.87. The van der Waals surface area contributed by atoms with Gasteiger partial charge < -0.3 is 5.32 Å². The molecule has 0 atom stereocenters. The molecule has 1 aromatic rings. The summed E-state index contributed by atoms with van der Waals surface area (Å²) < 4.78 is 0. The van der Waals surface area contributed by atoms with Crippen LogP contribution in [0.2, 0.25) is 0 Å². The number of rotatable bonds is 5. The molecule has 0 unspecified atom stereocenters. The second-order valence-corrected chi connectivity index (χ2v) is 6.13. The maximum Gasteiger partial charge on any atom is 0.234 e. The van der Waals surface area contributed by atoms with E-state index in [4.69, 9.17) is 0 Å². The third-order valence-corrected chi connectivity index (χ3v) is 3.89. The number of nitrogens with one attached hydrogen (secondary N) is 1. The van der Waals surface area contributed by atoms with Crippen molar-refractivity contribution in [3.05, 3.63) is 35.9 Å². The van der Waals surface area contributed by atoms with E-state index in [0.717, 1.165) is 19.0 Å². The number of piperidine rings is 1. The van der Waals surface area contributed by atoms with Crippen molar-refractivity contribution >= 4 is 5.91 Å². The molecule has 0 radical (unpaired) electrons. The summed E-state index contributed by atoms with van der Waals surface area (Å²) >= 11 is 0. The lowest BCUT2D eigenvalue weighted by Gasteiger charge is -2.31. The first-order valence-electron chi connectivity index (χ1n) is 7.69. The third-order valence-electron chi connectivity index (χ3n) is 3.89. The number of carbonyl (C=O) groups excluding carboxylic acids is 1. The van der Waals surface area contributed by atoms with Crippen molar-refractivity contribution in [2.24, 2.45) is 5.92 Å². The molecule has 1 fully saturated rings. The van der Waals surface area contributed by atoms with Crippen molar-refractivity contribution in [3.63, 3.8) is 0 Å². The highest BCUT2D eigenvalue weighted by molar-refractivity contribution is 5.78. The van der Waals surface area contributed by atoms with E-state index in [1.807, 2.05) is 13.8 Å².